The standard InChI is InChI=1S/C15H27N5/c1-4-20-12-17-18-15(20)11-16-14-6-9-19(10-7-14)8-5-13(2)3/h5,12,14,16H,4,6-11H2,1-3H3. The molecule has 0 unspecified atom stereocenters. The summed E-state index contributed by atoms with van der Waals surface area (Å²) in [6, 6.07) is 0.611. The fourth-order valence-corrected chi connectivity index (χ4v) is 2.55. The van der Waals surface area contributed by atoms with Crippen LogP contribution in [-0.4, -0.2) is 45.3 Å². The van der Waals surface area contributed by atoms with Crippen molar-refractivity contribution in [2.75, 3.05) is 19.6 Å². The molecular formula is C15H27N5. The van der Waals surface area contributed by atoms with Gasteiger partial charge in [0.1, 0.15) is 12.2 Å². The van der Waals surface area contributed by atoms with Crippen LogP contribution in [0.3, 0.4) is 0 Å². The Hall–Kier alpha value is -1.20. The van der Waals surface area contributed by atoms with Crippen LogP contribution in [0.2, 0.25) is 0 Å². The Bertz CT molecular complexity index is 425. The van der Waals surface area contributed by atoms with Gasteiger partial charge in [-0.05, 0) is 46.7 Å². The molecule has 0 aliphatic carbocycles. The molecule has 0 aromatic carbocycles. The van der Waals surface area contributed by atoms with Gasteiger partial charge in [-0.3, -0.25) is 4.90 Å². The molecule has 1 aromatic rings. The first kappa shape index (κ1) is 15.2. The Morgan fingerprint density at radius 2 is 2.15 bits per heavy atom. The van der Waals surface area contributed by atoms with E-state index in [0.717, 1.165) is 25.5 Å². The van der Waals surface area contributed by atoms with Crippen molar-refractivity contribution >= 4 is 0 Å². The number of likely N-dealkylation sites (tertiary alicyclic amines) is 1. The van der Waals surface area contributed by atoms with E-state index in [2.05, 4.69) is 51.8 Å². The van der Waals surface area contributed by atoms with Crippen LogP contribution in [0.4, 0.5) is 0 Å². The first-order valence-corrected chi connectivity index (χ1v) is 7.64. The van der Waals surface area contributed by atoms with E-state index in [9.17, 15) is 0 Å². The van der Waals surface area contributed by atoms with Gasteiger partial charge in [0.15, 0.2) is 0 Å². The Kier molecular flexibility index (Phi) is 5.73. The molecule has 0 bridgehead atoms. The lowest BCUT2D eigenvalue weighted by molar-refractivity contribution is 0.213. The third-order valence-electron chi connectivity index (χ3n) is 3.93. The number of allylic oxidation sites excluding steroid dienone is 1. The van der Waals surface area contributed by atoms with Crippen LogP contribution < -0.4 is 5.32 Å². The van der Waals surface area contributed by atoms with Gasteiger partial charge in [-0.25, -0.2) is 0 Å². The maximum Gasteiger partial charge on any atom is 0.146 e. The van der Waals surface area contributed by atoms with Crippen molar-refractivity contribution in [2.45, 2.75) is 52.7 Å². The van der Waals surface area contributed by atoms with Crippen LogP contribution in [0.1, 0.15) is 39.4 Å². The number of hydrogen-bond donors (Lipinski definition) is 1. The van der Waals surface area contributed by atoms with Crippen LogP contribution in [0.25, 0.3) is 0 Å². The van der Waals surface area contributed by atoms with E-state index in [1.165, 1.54) is 31.5 Å². The molecule has 112 valence electrons. The summed E-state index contributed by atoms with van der Waals surface area (Å²) in [4.78, 5) is 2.53. The molecule has 0 spiro atoms. The van der Waals surface area contributed by atoms with E-state index in [1.54, 1.807) is 6.33 Å². The molecule has 1 aromatic heterocycles. The average molecular weight is 277 g/mol. The maximum atomic E-state index is 4.17. The number of rotatable bonds is 6. The summed E-state index contributed by atoms with van der Waals surface area (Å²) in [7, 11) is 0. The van der Waals surface area contributed by atoms with Crippen LogP contribution in [0.5, 0.6) is 0 Å². The van der Waals surface area contributed by atoms with Gasteiger partial charge in [0, 0.05) is 19.1 Å². The highest BCUT2D eigenvalue weighted by molar-refractivity contribution is 4.96. The molecule has 1 aliphatic heterocycles. The van der Waals surface area contributed by atoms with E-state index in [4.69, 9.17) is 0 Å². The molecule has 1 saturated heterocycles. The van der Waals surface area contributed by atoms with E-state index < -0.39 is 0 Å². The van der Waals surface area contributed by atoms with Crippen LogP contribution in [0, 0.1) is 0 Å². The van der Waals surface area contributed by atoms with Gasteiger partial charge in [-0.15, -0.1) is 10.2 Å². The van der Waals surface area contributed by atoms with Crippen molar-refractivity contribution in [1.29, 1.82) is 0 Å². The van der Waals surface area contributed by atoms with Crippen LogP contribution in [0.15, 0.2) is 18.0 Å². The van der Waals surface area contributed by atoms with E-state index in [1.807, 2.05) is 0 Å². The third-order valence-corrected chi connectivity index (χ3v) is 3.93. The smallest absolute Gasteiger partial charge is 0.146 e. The van der Waals surface area contributed by atoms with Crippen molar-refractivity contribution in [2.24, 2.45) is 0 Å². The van der Waals surface area contributed by atoms with E-state index >= 15 is 0 Å². The summed E-state index contributed by atoms with van der Waals surface area (Å²) < 4.78 is 2.09. The van der Waals surface area contributed by atoms with Crippen LogP contribution in [-0.2, 0) is 13.1 Å². The molecule has 0 radical (unpaired) electrons. The largest absolute Gasteiger partial charge is 0.317 e. The summed E-state index contributed by atoms with van der Waals surface area (Å²) in [5.74, 6) is 1.04. The van der Waals surface area contributed by atoms with Gasteiger partial charge in [0.25, 0.3) is 0 Å². The molecule has 1 N–H and O–H groups in total. The second-order valence-electron chi connectivity index (χ2n) is 5.77. The third kappa shape index (κ3) is 4.42. The van der Waals surface area contributed by atoms with Gasteiger partial charge in [-0.2, -0.15) is 0 Å². The van der Waals surface area contributed by atoms with Crippen molar-refractivity contribution in [1.82, 2.24) is 25.0 Å². The predicted octanol–water partition coefficient (Wildman–Crippen LogP) is 1.82. The Labute approximate surface area is 122 Å². The Morgan fingerprint density at radius 3 is 2.80 bits per heavy atom. The number of nitrogens with zero attached hydrogens (tertiary/aromatic N) is 4. The van der Waals surface area contributed by atoms with Crippen molar-refractivity contribution < 1.29 is 0 Å². The summed E-state index contributed by atoms with van der Waals surface area (Å²) in [6.45, 7) is 11.7. The normalized spacial score (nSPS) is 17.4. The first-order chi connectivity index (χ1) is 9.69. The number of aromatic nitrogens is 3. The monoisotopic (exact) mass is 277 g/mol. The summed E-state index contributed by atoms with van der Waals surface area (Å²) in [5, 5.41) is 11.8. The van der Waals surface area contributed by atoms with Crippen molar-refractivity contribution in [3.05, 3.63) is 23.8 Å². The number of piperidine rings is 1. The number of nitrogens with one attached hydrogen (secondary N) is 1. The summed E-state index contributed by atoms with van der Waals surface area (Å²) in [5.41, 5.74) is 1.41. The Balaban J connectivity index is 1.71. The van der Waals surface area contributed by atoms with Crippen molar-refractivity contribution in [3.63, 3.8) is 0 Å². The zero-order valence-corrected chi connectivity index (χ0v) is 13.0. The van der Waals surface area contributed by atoms with Crippen LogP contribution >= 0.6 is 0 Å². The fraction of sp³-hybridized carbons (Fsp3) is 0.733. The molecule has 5 nitrogen and oxygen atoms in total. The molecular weight excluding hydrogens is 250 g/mol. The second-order valence-corrected chi connectivity index (χ2v) is 5.77. The molecule has 0 saturated carbocycles. The minimum atomic E-state index is 0.611. The number of aryl methyl sites for hydroxylation is 1. The lowest BCUT2D eigenvalue weighted by atomic mass is 10.0. The van der Waals surface area contributed by atoms with E-state index in [0.29, 0.717) is 6.04 Å². The quantitative estimate of drug-likeness (QED) is 0.806. The minimum absolute atomic E-state index is 0.611. The van der Waals surface area contributed by atoms with E-state index in [-0.39, 0.29) is 0 Å². The molecule has 2 rings (SSSR count). The second kappa shape index (κ2) is 7.55. The zero-order chi connectivity index (χ0) is 14.4. The van der Waals surface area contributed by atoms with Gasteiger partial charge < -0.3 is 9.88 Å². The molecule has 0 amide bonds. The zero-order valence-electron chi connectivity index (χ0n) is 13.0. The highest BCUT2D eigenvalue weighted by atomic mass is 15.3. The Morgan fingerprint density at radius 1 is 1.40 bits per heavy atom. The molecule has 0 atom stereocenters. The first-order valence-electron chi connectivity index (χ1n) is 7.64. The minimum Gasteiger partial charge on any atom is -0.317 e. The molecule has 1 fully saturated rings. The SMILES string of the molecule is CCn1cnnc1CNC1CCN(CC=C(C)C)CC1. The average Bonchev–Trinajstić information content (AvgIpc) is 2.91. The van der Waals surface area contributed by atoms with Gasteiger partial charge >= 0.3 is 0 Å². The molecule has 1 aliphatic rings. The van der Waals surface area contributed by atoms with Gasteiger partial charge in [0.05, 0.1) is 6.54 Å². The predicted molar refractivity (Wildman–Crippen MR) is 81.4 cm³/mol. The van der Waals surface area contributed by atoms with Gasteiger partial charge in [0.2, 0.25) is 0 Å². The maximum absolute atomic E-state index is 4.17. The topological polar surface area (TPSA) is 46.0 Å². The van der Waals surface area contributed by atoms with Crippen molar-refractivity contribution in [3.8, 4) is 0 Å². The van der Waals surface area contributed by atoms with Gasteiger partial charge in [-0.1, -0.05) is 11.6 Å². The lowest BCUT2D eigenvalue weighted by Gasteiger charge is -2.31. The summed E-state index contributed by atoms with van der Waals surface area (Å²) >= 11 is 0. The lowest BCUT2D eigenvalue weighted by Crippen LogP contribution is -2.42. The number of hydrogen-bond acceptors (Lipinski definition) is 4. The molecule has 20 heavy (non-hydrogen) atoms. The molecule has 2 heterocycles. The highest BCUT2D eigenvalue weighted by Gasteiger charge is 2.18. The summed E-state index contributed by atoms with van der Waals surface area (Å²) in [6.07, 6.45) is 6.56. The molecule has 5 heteroatoms. The highest BCUT2D eigenvalue weighted by Crippen LogP contribution is 2.11. The fourth-order valence-electron chi connectivity index (χ4n) is 2.55.